The zero-order valence-electron chi connectivity index (χ0n) is 10.7. The second-order valence-electron chi connectivity index (χ2n) is 4.40. The van der Waals surface area contributed by atoms with Gasteiger partial charge in [0.15, 0.2) is 0 Å². The molecule has 0 spiro atoms. The molecule has 1 aromatic rings. The lowest BCUT2D eigenvalue weighted by Gasteiger charge is -2.17. The fourth-order valence-electron chi connectivity index (χ4n) is 2.06. The van der Waals surface area contributed by atoms with Crippen molar-refractivity contribution in [1.82, 2.24) is 5.32 Å². The van der Waals surface area contributed by atoms with Crippen LogP contribution in [0.5, 0.6) is 5.75 Å². The van der Waals surface area contributed by atoms with Gasteiger partial charge < -0.3 is 14.8 Å². The van der Waals surface area contributed by atoms with Gasteiger partial charge in [-0.25, -0.2) is 0 Å². The van der Waals surface area contributed by atoms with Crippen molar-refractivity contribution < 1.29 is 14.3 Å². The molecule has 2 rings (SSSR count). The fraction of sp³-hybridized carbons (Fsp3) is 0.500. The highest BCUT2D eigenvalue weighted by atomic mass is 16.5. The average Bonchev–Trinajstić information content (AvgIpc) is 2.43. The molecule has 4 nitrogen and oxygen atoms in total. The van der Waals surface area contributed by atoms with E-state index in [2.05, 4.69) is 22.2 Å². The van der Waals surface area contributed by atoms with Gasteiger partial charge in [-0.2, -0.15) is 0 Å². The molecule has 1 aromatic carbocycles. The lowest BCUT2D eigenvalue weighted by Crippen LogP contribution is -2.25. The van der Waals surface area contributed by atoms with Crippen molar-refractivity contribution in [2.45, 2.75) is 19.3 Å². The van der Waals surface area contributed by atoms with E-state index in [1.165, 1.54) is 18.2 Å². The van der Waals surface area contributed by atoms with E-state index in [0.29, 0.717) is 0 Å². The Labute approximate surface area is 107 Å². The standard InChI is InChI=1S/C14H19NO3/c1-17-14(16)10-15-7-6-11-4-5-13-12(9-11)3-2-8-18-13/h4-5,9,15H,2-3,6-8,10H2,1H3. The third-order valence-corrected chi connectivity index (χ3v) is 3.06. The highest BCUT2D eigenvalue weighted by Gasteiger charge is 2.10. The molecule has 0 saturated carbocycles. The van der Waals surface area contributed by atoms with Crippen molar-refractivity contribution in [3.05, 3.63) is 29.3 Å². The average molecular weight is 249 g/mol. The number of carbonyl (C=O) groups is 1. The Hall–Kier alpha value is -1.55. The van der Waals surface area contributed by atoms with Crippen molar-refractivity contribution in [2.24, 2.45) is 0 Å². The van der Waals surface area contributed by atoms with Crippen LogP contribution in [0.25, 0.3) is 0 Å². The Morgan fingerprint density at radius 1 is 1.50 bits per heavy atom. The topological polar surface area (TPSA) is 47.6 Å². The van der Waals surface area contributed by atoms with Crippen LogP contribution in [-0.2, 0) is 22.4 Å². The summed E-state index contributed by atoms with van der Waals surface area (Å²) in [7, 11) is 1.40. The van der Waals surface area contributed by atoms with Crippen LogP contribution < -0.4 is 10.1 Å². The molecule has 0 saturated heterocycles. The summed E-state index contributed by atoms with van der Waals surface area (Å²) in [6.45, 7) is 1.87. The SMILES string of the molecule is COC(=O)CNCCc1ccc2c(c1)CCCO2. The predicted molar refractivity (Wildman–Crippen MR) is 68.8 cm³/mol. The van der Waals surface area contributed by atoms with Crippen molar-refractivity contribution in [3.63, 3.8) is 0 Å². The van der Waals surface area contributed by atoms with Gasteiger partial charge in [-0.3, -0.25) is 4.79 Å². The Morgan fingerprint density at radius 3 is 3.22 bits per heavy atom. The van der Waals surface area contributed by atoms with Crippen LogP contribution in [-0.4, -0.2) is 32.8 Å². The van der Waals surface area contributed by atoms with E-state index < -0.39 is 0 Å². The maximum Gasteiger partial charge on any atom is 0.319 e. The maximum atomic E-state index is 10.9. The molecule has 4 heteroatoms. The van der Waals surface area contributed by atoms with Gasteiger partial charge in [-0.15, -0.1) is 0 Å². The van der Waals surface area contributed by atoms with Crippen LogP contribution in [0.1, 0.15) is 17.5 Å². The number of esters is 1. The number of methoxy groups -OCH3 is 1. The molecule has 1 aliphatic rings. The molecule has 0 amide bonds. The Bertz CT molecular complexity index is 418. The summed E-state index contributed by atoms with van der Waals surface area (Å²) in [6, 6.07) is 6.34. The van der Waals surface area contributed by atoms with Gasteiger partial charge in [-0.1, -0.05) is 12.1 Å². The number of nitrogens with one attached hydrogen (secondary N) is 1. The molecule has 0 fully saturated rings. The first-order valence-electron chi connectivity index (χ1n) is 6.32. The summed E-state index contributed by atoms with van der Waals surface area (Å²) in [5.74, 6) is 0.793. The third-order valence-electron chi connectivity index (χ3n) is 3.06. The molecule has 98 valence electrons. The van der Waals surface area contributed by atoms with E-state index in [9.17, 15) is 4.79 Å². The Morgan fingerprint density at radius 2 is 2.39 bits per heavy atom. The molecule has 0 aliphatic carbocycles. The van der Waals surface area contributed by atoms with Gasteiger partial charge in [0.2, 0.25) is 0 Å². The Kier molecular flexibility index (Phi) is 4.59. The maximum absolute atomic E-state index is 10.9. The minimum atomic E-state index is -0.228. The summed E-state index contributed by atoms with van der Waals surface area (Å²) in [6.07, 6.45) is 3.10. The third kappa shape index (κ3) is 3.47. The predicted octanol–water partition coefficient (Wildman–Crippen LogP) is 1.32. The zero-order chi connectivity index (χ0) is 12.8. The minimum Gasteiger partial charge on any atom is -0.493 e. The number of carbonyl (C=O) groups excluding carboxylic acids is 1. The van der Waals surface area contributed by atoms with E-state index in [0.717, 1.165) is 38.2 Å². The first-order valence-corrected chi connectivity index (χ1v) is 6.32. The van der Waals surface area contributed by atoms with Gasteiger partial charge >= 0.3 is 5.97 Å². The van der Waals surface area contributed by atoms with Crippen molar-refractivity contribution >= 4 is 5.97 Å². The second kappa shape index (κ2) is 6.40. The highest BCUT2D eigenvalue weighted by Crippen LogP contribution is 2.25. The van der Waals surface area contributed by atoms with Gasteiger partial charge in [0.25, 0.3) is 0 Å². The van der Waals surface area contributed by atoms with E-state index >= 15 is 0 Å². The summed E-state index contributed by atoms with van der Waals surface area (Å²) >= 11 is 0. The van der Waals surface area contributed by atoms with Gasteiger partial charge in [-0.05, 0) is 43.0 Å². The zero-order valence-corrected chi connectivity index (χ0v) is 10.7. The highest BCUT2D eigenvalue weighted by molar-refractivity contribution is 5.71. The molecule has 1 aliphatic heterocycles. The largest absolute Gasteiger partial charge is 0.493 e. The van der Waals surface area contributed by atoms with Crippen LogP contribution in [0.3, 0.4) is 0 Å². The molecule has 18 heavy (non-hydrogen) atoms. The number of hydrogen-bond donors (Lipinski definition) is 1. The summed E-state index contributed by atoms with van der Waals surface area (Å²) < 4.78 is 10.1. The van der Waals surface area contributed by atoms with E-state index in [-0.39, 0.29) is 12.5 Å². The summed E-state index contributed by atoms with van der Waals surface area (Å²) in [5, 5.41) is 3.06. The van der Waals surface area contributed by atoms with Gasteiger partial charge in [0.1, 0.15) is 5.75 Å². The fourth-order valence-corrected chi connectivity index (χ4v) is 2.06. The molecule has 0 radical (unpaired) electrons. The molecule has 0 atom stereocenters. The van der Waals surface area contributed by atoms with E-state index in [4.69, 9.17) is 4.74 Å². The number of benzene rings is 1. The number of aryl methyl sites for hydroxylation is 1. The molecular formula is C14H19NO3. The lowest BCUT2D eigenvalue weighted by molar-refractivity contribution is -0.139. The van der Waals surface area contributed by atoms with Crippen molar-refractivity contribution in [1.29, 1.82) is 0 Å². The molecule has 1 heterocycles. The number of ether oxygens (including phenoxy) is 2. The number of rotatable bonds is 5. The van der Waals surface area contributed by atoms with Crippen molar-refractivity contribution in [3.8, 4) is 5.75 Å². The minimum absolute atomic E-state index is 0.228. The molecule has 0 unspecified atom stereocenters. The van der Waals surface area contributed by atoms with Crippen LogP contribution in [0.15, 0.2) is 18.2 Å². The van der Waals surface area contributed by atoms with Gasteiger partial charge in [0.05, 0.1) is 20.3 Å². The first-order chi connectivity index (χ1) is 8.79. The van der Waals surface area contributed by atoms with Crippen LogP contribution in [0.2, 0.25) is 0 Å². The molecule has 0 aromatic heterocycles. The quantitative estimate of drug-likeness (QED) is 0.631. The van der Waals surface area contributed by atoms with Crippen LogP contribution >= 0.6 is 0 Å². The molecule has 1 N–H and O–H groups in total. The van der Waals surface area contributed by atoms with Gasteiger partial charge in [0, 0.05) is 0 Å². The Balaban J connectivity index is 1.81. The summed E-state index contributed by atoms with van der Waals surface area (Å²) in [5.41, 5.74) is 2.57. The van der Waals surface area contributed by atoms with E-state index in [1.54, 1.807) is 0 Å². The van der Waals surface area contributed by atoms with Crippen LogP contribution in [0.4, 0.5) is 0 Å². The lowest BCUT2D eigenvalue weighted by atomic mass is 10.0. The smallest absolute Gasteiger partial charge is 0.319 e. The number of hydrogen-bond acceptors (Lipinski definition) is 4. The molecule has 0 bridgehead atoms. The second-order valence-corrected chi connectivity index (χ2v) is 4.40. The number of fused-ring (bicyclic) bond motifs is 1. The summed E-state index contributed by atoms with van der Waals surface area (Å²) in [4.78, 5) is 10.9. The normalized spacial score (nSPS) is 13.6. The van der Waals surface area contributed by atoms with Crippen LogP contribution in [0, 0.1) is 0 Å². The monoisotopic (exact) mass is 249 g/mol. The molecular weight excluding hydrogens is 230 g/mol. The van der Waals surface area contributed by atoms with Crippen molar-refractivity contribution in [2.75, 3.05) is 26.8 Å². The first kappa shape index (κ1) is 12.9. The van der Waals surface area contributed by atoms with E-state index in [1.807, 2.05) is 6.07 Å².